The smallest absolute Gasteiger partial charge is 0.240 e. The average molecular weight is 402 g/mol. The summed E-state index contributed by atoms with van der Waals surface area (Å²) in [7, 11) is 0. The van der Waals surface area contributed by atoms with E-state index in [1.54, 1.807) is 6.07 Å². The summed E-state index contributed by atoms with van der Waals surface area (Å²) in [4.78, 5) is 29.0. The summed E-state index contributed by atoms with van der Waals surface area (Å²) in [6, 6.07) is 11.3. The fourth-order valence-electron chi connectivity index (χ4n) is 2.73. The molecule has 1 saturated heterocycles. The Hall–Kier alpha value is -2.31. The molecule has 2 aromatic rings. The molecule has 0 spiro atoms. The van der Waals surface area contributed by atoms with Gasteiger partial charge in [-0.05, 0) is 49.6 Å². The fourth-order valence-corrected chi connectivity index (χ4v) is 3.89. The molecule has 140 valence electrons. The van der Waals surface area contributed by atoms with Crippen molar-refractivity contribution >= 4 is 51.7 Å². The van der Waals surface area contributed by atoms with Crippen molar-refractivity contribution < 1.29 is 9.59 Å². The van der Waals surface area contributed by atoms with Crippen LogP contribution in [-0.2, 0) is 9.59 Å². The highest BCUT2D eigenvalue weighted by atomic mass is 35.5. The molecule has 0 bridgehead atoms. The lowest BCUT2D eigenvalue weighted by Crippen LogP contribution is -2.28. The fraction of sp³-hybridized carbons (Fsp3) is 0.250. The first-order chi connectivity index (χ1) is 12.8. The Morgan fingerprint density at radius 1 is 1.19 bits per heavy atom. The number of hydrogen-bond donors (Lipinski definition) is 2. The molecule has 1 aliphatic rings. The normalized spacial score (nSPS) is 17.9. The number of carbonyl (C=O) groups is 2. The summed E-state index contributed by atoms with van der Waals surface area (Å²) in [5.41, 5.74) is 4.41. The van der Waals surface area contributed by atoms with Crippen LogP contribution in [0.5, 0.6) is 0 Å². The predicted molar refractivity (Wildman–Crippen MR) is 112 cm³/mol. The highest BCUT2D eigenvalue weighted by Crippen LogP contribution is 2.28. The molecule has 2 aromatic carbocycles. The van der Waals surface area contributed by atoms with Crippen molar-refractivity contribution in [3.63, 3.8) is 0 Å². The maximum absolute atomic E-state index is 12.4. The molecule has 0 aromatic heterocycles. The van der Waals surface area contributed by atoms with Crippen molar-refractivity contribution in [2.75, 3.05) is 5.32 Å². The van der Waals surface area contributed by atoms with Crippen molar-refractivity contribution in [1.29, 1.82) is 0 Å². The summed E-state index contributed by atoms with van der Waals surface area (Å²) in [5.74, 6) is -0.409. The quantitative estimate of drug-likeness (QED) is 0.791. The van der Waals surface area contributed by atoms with E-state index in [0.29, 0.717) is 15.9 Å². The standard InChI is InChI=1S/C20H20ClN3O2S/c1-11-7-8-14(9-15(11)21)22-20-24-19(26)16(27-20)10-17(25)23-18-12(2)5-4-6-13(18)3/h4-9,16H,10H2,1-3H3,(H,23,25)(H,22,24,26)/t16-/m1/s1. The largest absolute Gasteiger partial charge is 0.326 e. The van der Waals surface area contributed by atoms with Gasteiger partial charge in [-0.15, -0.1) is 0 Å². The molecule has 1 heterocycles. The van der Waals surface area contributed by atoms with Crippen molar-refractivity contribution in [3.8, 4) is 0 Å². The van der Waals surface area contributed by atoms with E-state index in [2.05, 4.69) is 15.6 Å². The number of aryl methyl sites for hydroxylation is 3. The topological polar surface area (TPSA) is 70.6 Å². The van der Waals surface area contributed by atoms with Crippen LogP contribution < -0.4 is 10.6 Å². The lowest BCUT2D eigenvalue weighted by Gasteiger charge is -2.12. The minimum absolute atomic E-state index is 0.0813. The number of carbonyl (C=O) groups excluding carboxylic acids is 2. The molecule has 7 heteroatoms. The zero-order chi connectivity index (χ0) is 19.6. The lowest BCUT2D eigenvalue weighted by molar-refractivity contribution is -0.122. The average Bonchev–Trinajstić information content (AvgIpc) is 2.94. The number of amidine groups is 1. The number of aliphatic imine (C=N–C) groups is 1. The third kappa shape index (κ3) is 4.70. The van der Waals surface area contributed by atoms with Gasteiger partial charge < -0.3 is 10.6 Å². The Kier molecular flexibility index (Phi) is 5.87. The second-order valence-corrected chi connectivity index (χ2v) is 8.06. The van der Waals surface area contributed by atoms with E-state index in [0.717, 1.165) is 22.4 Å². The van der Waals surface area contributed by atoms with Gasteiger partial charge in [0.25, 0.3) is 0 Å². The Morgan fingerprint density at radius 2 is 1.89 bits per heavy atom. The Labute approximate surface area is 167 Å². The molecule has 0 unspecified atom stereocenters. The molecule has 1 aliphatic heterocycles. The number of nitrogens with one attached hydrogen (secondary N) is 2. The van der Waals surface area contributed by atoms with E-state index in [1.165, 1.54) is 11.8 Å². The first-order valence-electron chi connectivity index (χ1n) is 8.52. The number of anilines is 1. The minimum atomic E-state index is -0.506. The lowest BCUT2D eigenvalue weighted by atomic mass is 10.1. The van der Waals surface area contributed by atoms with Crippen molar-refractivity contribution in [1.82, 2.24) is 5.32 Å². The summed E-state index contributed by atoms with van der Waals surface area (Å²) < 4.78 is 0. The molecule has 0 radical (unpaired) electrons. The number of rotatable bonds is 4. The Balaban J connectivity index is 1.66. The van der Waals surface area contributed by atoms with Gasteiger partial charge in [-0.3, -0.25) is 9.59 Å². The van der Waals surface area contributed by atoms with E-state index in [-0.39, 0.29) is 18.2 Å². The molecular formula is C20H20ClN3O2S. The zero-order valence-electron chi connectivity index (χ0n) is 15.3. The van der Waals surface area contributed by atoms with Crippen LogP contribution in [0.15, 0.2) is 41.4 Å². The van der Waals surface area contributed by atoms with Crippen molar-refractivity contribution in [2.45, 2.75) is 32.4 Å². The zero-order valence-corrected chi connectivity index (χ0v) is 16.9. The van der Waals surface area contributed by atoms with Crippen LogP contribution in [0.1, 0.15) is 23.1 Å². The molecule has 27 heavy (non-hydrogen) atoms. The number of nitrogens with zero attached hydrogens (tertiary/aromatic N) is 1. The summed E-state index contributed by atoms with van der Waals surface area (Å²) in [6.07, 6.45) is 0.0813. The van der Waals surface area contributed by atoms with Gasteiger partial charge in [0.15, 0.2) is 5.17 Å². The van der Waals surface area contributed by atoms with Gasteiger partial charge in [0, 0.05) is 17.1 Å². The second kappa shape index (κ2) is 8.15. The number of hydrogen-bond acceptors (Lipinski definition) is 4. The van der Waals surface area contributed by atoms with Gasteiger partial charge in [-0.25, -0.2) is 4.99 Å². The van der Waals surface area contributed by atoms with Crippen LogP contribution in [0.4, 0.5) is 11.4 Å². The van der Waals surface area contributed by atoms with E-state index in [4.69, 9.17) is 11.6 Å². The maximum atomic E-state index is 12.4. The van der Waals surface area contributed by atoms with E-state index in [9.17, 15) is 9.59 Å². The van der Waals surface area contributed by atoms with E-state index < -0.39 is 5.25 Å². The monoisotopic (exact) mass is 401 g/mol. The number of amides is 2. The molecule has 2 amide bonds. The Morgan fingerprint density at radius 3 is 2.56 bits per heavy atom. The van der Waals surface area contributed by atoms with Crippen molar-refractivity contribution in [2.24, 2.45) is 4.99 Å². The van der Waals surface area contributed by atoms with Crippen LogP contribution >= 0.6 is 23.4 Å². The SMILES string of the molecule is Cc1ccc(N=C2NC(=O)[C@@H](CC(=O)Nc3c(C)cccc3C)S2)cc1Cl. The van der Waals surface area contributed by atoms with Crippen LogP contribution in [0.2, 0.25) is 5.02 Å². The summed E-state index contributed by atoms with van der Waals surface area (Å²) in [5, 5.41) is 6.24. The molecule has 5 nitrogen and oxygen atoms in total. The third-order valence-corrected chi connectivity index (χ3v) is 5.77. The van der Waals surface area contributed by atoms with Gasteiger partial charge in [0.05, 0.1) is 5.69 Å². The minimum Gasteiger partial charge on any atom is -0.326 e. The molecule has 0 aliphatic carbocycles. The van der Waals surface area contributed by atoms with Crippen LogP contribution in [0, 0.1) is 20.8 Å². The molecule has 0 saturated carbocycles. The number of benzene rings is 2. The van der Waals surface area contributed by atoms with Gasteiger partial charge >= 0.3 is 0 Å². The first-order valence-corrected chi connectivity index (χ1v) is 9.77. The summed E-state index contributed by atoms with van der Waals surface area (Å²) in [6.45, 7) is 5.80. The third-order valence-electron chi connectivity index (χ3n) is 4.28. The van der Waals surface area contributed by atoms with Gasteiger partial charge in [0.1, 0.15) is 5.25 Å². The first kappa shape index (κ1) is 19.5. The highest BCUT2D eigenvalue weighted by Gasteiger charge is 2.32. The number of para-hydroxylation sites is 1. The predicted octanol–water partition coefficient (Wildman–Crippen LogP) is 4.51. The molecule has 3 rings (SSSR count). The van der Waals surface area contributed by atoms with E-state index >= 15 is 0 Å². The molecule has 1 fully saturated rings. The van der Waals surface area contributed by atoms with Crippen LogP contribution in [-0.4, -0.2) is 22.2 Å². The van der Waals surface area contributed by atoms with E-state index in [1.807, 2.05) is 51.1 Å². The highest BCUT2D eigenvalue weighted by molar-refractivity contribution is 8.15. The van der Waals surface area contributed by atoms with Gasteiger partial charge in [0.2, 0.25) is 11.8 Å². The number of halogens is 1. The Bertz CT molecular complexity index is 923. The summed E-state index contributed by atoms with van der Waals surface area (Å²) >= 11 is 7.37. The van der Waals surface area contributed by atoms with Crippen molar-refractivity contribution in [3.05, 3.63) is 58.1 Å². The van der Waals surface area contributed by atoms with Crippen LogP contribution in [0.25, 0.3) is 0 Å². The molecule has 2 N–H and O–H groups in total. The maximum Gasteiger partial charge on any atom is 0.240 e. The second-order valence-electron chi connectivity index (χ2n) is 6.47. The van der Waals surface area contributed by atoms with Gasteiger partial charge in [-0.1, -0.05) is 47.6 Å². The molecular weight excluding hydrogens is 382 g/mol. The van der Waals surface area contributed by atoms with Gasteiger partial charge in [-0.2, -0.15) is 0 Å². The number of thioether (sulfide) groups is 1. The molecule has 1 atom stereocenters. The van der Waals surface area contributed by atoms with Crippen LogP contribution in [0.3, 0.4) is 0 Å².